The Morgan fingerprint density at radius 1 is 1.05 bits per heavy atom. The first kappa shape index (κ1) is 27.9. The van der Waals surface area contributed by atoms with Gasteiger partial charge in [-0.1, -0.05) is 50.4 Å². The molecule has 2 aromatic heterocycles. The lowest BCUT2D eigenvalue weighted by atomic mass is 10.0. The number of aryl methyl sites for hydroxylation is 2. The van der Waals surface area contributed by atoms with E-state index in [9.17, 15) is 9.59 Å². The molecule has 0 spiro atoms. The number of aromatic nitrogens is 5. The van der Waals surface area contributed by atoms with Crippen LogP contribution in [-0.2, 0) is 11.2 Å². The van der Waals surface area contributed by atoms with Crippen LogP contribution in [-0.4, -0.2) is 61.1 Å². The Hall–Kier alpha value is -3.21. The first-order valence-electron chi connectivity index (χ1n) is 13.5. The highest BCUT2D eigenvalue weighted by Crippen LogP contribution is 2.31. The molecule has 4 aromatic rings. The zero-order valence-electron chi connectivity index (χ0n) is 22.6. The molecule has 0 N–H and O–H groups in total. The summed E-state index contributed by atoms with van der Waals surface area (Å²) in [6, 6.07) is 12.9. The van der Waals surface area contributed by atoms with Crippen molar-refractivity contribution < 1.29 is 9.59 Å². The van der Waals surface area contributed by atoms with Crippen molar-refractivity contribution in [3.63, 3.8) is 0 Å². The molecule has 6 rings (SSSR count). The number of rotatable bonds is 6. The van der Waals surface area contributed by atoms with Crippen LogP contribution in [0.15, 0.2) is 53.1 Å². The van der Waals surface area contributed by atoms with Crippen LogP contribution in [0.1, 0.15) is 46.2 Å². The molecule has 41 heavy (non-hydrogen) atoms. The minimum atomic E-state index is -0.369. The van der Waals surface area contributed by atoms with Gasteiger partial charge in [-0.25, -0.2) is 9.36 Å². The van der Waals surface area contributed by atoms with Crippen LogP contribution in [0.4, 0.5) is 5.69 Å². The third-order valence-corrected chi connectivity index (χ3v) is 9.17. The maximum Gasteiger partial charge on any atom is 0.258 e. The van der Waals surface area contributed by atoms with Gasteiger partial charge in [-0.05, 0) is 81.0 Å². The summed E-state index contributed by atoms with van der Waals surface area (Å²) in [5.74, 6) is 0.113. The van der Waals surface area contributed by atoms with E-state index in [0.717, 1.165) is 27.8 Å². The highest BCUT2D eigenvalue weighted by molar-refractivity contribution is 9.10. The van der Waals surface area contributed by atoms with Crippen molar-refractivity contribution in [3.05, 3.63) is 85.8 Å². The Balaban J connectivity index is 1.10. The molecule has 0 radical (unpaired) electrons. The van der Waals surface area contributed by atoms with Crippen molar-refractivity contribution >= 4 is 56.6 Å². The van der Waals surface area contributed by atoms with E-state index in [1.54, 1.807) is 27.3 Å². The van der Waals surface area contributed by atoms with Crippen LogP contribution < -0.4 is 4.90 Å². The van der Waals surface area contributed by atoms with Gasteiger partial charge < -0.3 is 9.80 Å². The molecule has 0 saturated carbocycles. The number of hydrogen-bond acceptors (Lipinski definition) is 5. The van der Waals surface area contributed by atoms with E-state index < -0.39 is 0 Å². The molecule has 0 bridgehead atoms. The fourth-order valence-corrected chi connectivity index (χ4v) is 6.40. The second kappa shape index (κ2) is 11.2. The van der Waals surface area contributed by atoms with Gasteiger partial charge in [-0.2, -0.15) is 5.10 Å². The summed E-state index contributed by atoms with van der Waals surface area (Å²) in [6.07, 6.45) is 4.06. The summed E-state index contributed by atoms with van der Waals surface area (Å²) in [5.41, 5.74) is 4.33. The van der Waals surface area contributed by atoms with Crippen molar-refractivity contribution in [1.82, 2.24) is 29.7 Å². The fraction of sp³-hybridized carbons (Fsp3) is 0.345. The van der Waals surface area contributed by atoms with E-state index in [4.69, 9.17) is 23.2 Å². The van der Waals surface area contributed by atoms with Crippen LogP contribution in [0, 0.1) is 19.8 Å². The third kappa shape index (κ3) is 5.40. The molecule has 4 heterocycles. The van der Waals surface area contributed by atoms with E-state index in [1.807, 2.05) is 54.4 Å². The number of carbonyl (C=O) groups is 2. The average molecular weight is 657 g/mol. The number of halogens is 3. The third-order valence-electron chi connectivity index (χ3n) is 7.88. The second-order valence-electron chi connectivity index (χ2n) is 10.7. The second-order valence-corrected chi connectivity index (χ2v) is 12.3. The number of nitrogens with zero attached hydrogens (tertiary/aromatic N) is 7. The van der Waals surface area contributed by atoms with Crippen LogP contribution in [0.2, 0.25) is 10.2 Å². The molecule has 2 saturated heterocycles. The van der Waals surface area contributed by atoms with Gasteiger partial charge in [-0.15, -0.1) is 5.10 Å². The molecule has 2 atom stereocenters. The Morgan fingerprint density at radius 2 is 1.80 bits per heavy atom. The largest absolute Gasteiger partial charge is 0.338 e. The Morgan fingerprint density at radius 3 is 2.56 bits per heavy atom. The normalized spacial score (nSPS) is 19.0. The van der Waals surface area contributed by atoms with Crippen molar-refractivity contribution in [1.29, 1.82) is 0 Å². The van der Waals surface area contributed by atoms with E-state index >= 15 is 0 Å². The predicted octanol–water partition coefficient (Wildman–Crippen LogP) is 5.83. The topological polar surface area (TPSA) is 89.2 Å². The van der Waals surface area contributed by atoms with Crippen molar-refractivity contribution in [3.8, 4) is 5.69 Å². The van der Waals surface area contributed by atoms with Crippen LogP contribution in [0.3, 0.4) is 0 Å². The lowest BCUT2D eigenvalue weighted by molar-refractivity contribution is -0.120. The number of carbonyl (C=O) groups excluding carboxylic acids is 2. The molecular formula is C29H28BrCl2N7O2. The molecule has 2 fully saturated rings. The smallest absolute Gasteiger partial charge is 0.258 e. The summed E-state index contributed by atoms with van der Waals surface area (Å²) in [6.45, 7) is 5.56. The van der Waals surface area contributed by atoms with Crippen LogP contribution >= 0.6 is 39.1 Å². The fourth-order valence-electron chi connectivity index (χ4n) is 5.61. The number of benzene rings is 2. The van der Waals surface area contributed by atoms with Crippen molar-refractivity contribution in [2.45, 2.75) is 39.2 Å². The first-order valence-corrected chi connectivity index (χ1v) is 15.0. The summed E-state index contributed by atoms with van der Waals surface area (Å²) >= 11 is 16.4. The summed E-state index contributed by atoms with van der Waals surface area (Å²) in [7, 11) is 0. The molecule has 2 aromatic carbocycles. The van der Waals surface area contributed by atoms with E-state index in [-0.39, 0.29) is 28.9 Å². The quantitative estimate of drug-likeness (QED) is 0.261. The Labute approximate surface area is 256 Å². The van der Waals surface area contributed by atoms with Crippen molar-refractivity contribution in [2.24, 2.45) is 5.92 Å². The van der Waals surface area contributed by atoms with E-state index in [0.29, 0.717) is 54.4 Å². The highest BCUT2D eigenvalue weighted by atomic mass is 79.9. The zero-order chi connectivity index (χ0) is 28.8. The number of amides is 2. The Bertz CT molecular complexity index is 1630. The summed E-state index contributed by atoms with van der Waals surface area (Å²) in [5, 5.41) is 14.1. The maximum atomic E-state index is 13.5. The zero-order valence-corrected chi connectivity index (χ0v) is 25.7. The van der Waals surface area contributed by atoms with Gasteiger partial charge in [0.05, 0.1) is 22.6 Å². The monoisotopic (exact) mass is 655 g/mol. The molecule has 212 valence electrons. The van der Waals surface area contributed by atoms with E-state index in [2.05, 4.69) is 31.3 Å². The highest BCUT2D eigenvalue weighted by Gasteiger charge is 2.36. The van der Waals surface area contributed by atoms with Gasteiger partial charge >= 0.3 is 0 Å². The first-order chi connectivity index (χ1) is 19.7. The maximum absolute atomic E-state index is 13.5. The van der Waals surface area contributed by atoms with Gasteiger partial charge in [0.1, 0.15) is 11.2 Å². The van der Waals surface area contributed by atoms with Crippen LogP contribution in [0.25, 0.3) is 5.69 Å². The Kier molecular flexibility index (Phi) is 7.65. The molecular weight excluding hydrogens is 629 g/mol. The van der Waals surface area contributed by atoms with Gasteiger partial charge in [0.25, 0.3) is 11.8 Å². The number of hydrogen-bond donors (Lipinski definition) is 0. The predicted molar refractivity (Wildman–Crippen MR) is 161 cm³/mol. The van der Waals surface area contributed by atoms with Gasteiger partial charge in [0.2, 0.25) is 0 Å². The number of likely N-dealkylation sites (tertiary alicyclic amines) is 1. The lowest BCUT2D eigenvalue weighted by Gasteiger charge is -2.17. The minimum absolute atomic E-state index is 0.0158. The minimum Gasteiger partial charge on any atom is -0.338 e. The summed E-state index contributed by atoms with van der Waals surface area (Å²) < 4.78 is 4.21. The average Bonchev–Trinajstić information content (AvgIpc) is 3.74. The van der Waals surface area contributed by atoms with Gasteiger partial charge in [-0.3, -0.25) is 9.59 Å². The number of anilines is 1. The van der Waals surface area contributed by atoms with Crippen molar-refractivity contribution in [2.75, 3.05) is 24.5 Å². The standard InChI is InChI=1S/C29H28BrCl2N7O2/c1-17-3-6-23(14-24(17)31)39-27(32)26(18(2)34-39)29(41)36-11-9-19(15-36)13-21-16-38(35-33-21)25-10-12-37(28(25)40)22-7-4-20(30)5-8-22/h3-8,14,16,19,25H,9-13,15H2,1-2H3. The molecule has 2 unspecified atom stereocenters. The molecule has 2 aliphatic rings. The van der Waals surface area contributed by atoms with Gasteiger partial charge in [0.15, 0.2) is 0 Å². The molecule has 12 heteroatoms. The van der Waals surface area contributed by atoms with Crippen LogP contribution in [0.5, 0.6) is 0 Å². The van der Waals surface area contributed by atoms with Gasteiger partial charge in [0, 0.05) is 41.0 Å². The summed E-state index contributed by atoms with van der Waals surface area (Å²) in [4.78, 5) is 30.3. The molecule has 9 nitrogen and oxygen atoms in total. The SMILES string of the molecule is Cc1ccc(-n2nc(C)c(C(=O)N3CCC(Cc4cn(C5CCN(c6ccc(Br)cc6)C5=O)nn4)C3)c2Cl)cc1Cl. The van der Waals surface area contributed by atoms with E-state index in [1.165, 1.54) is 0 Å². The molecule has 0 aliphatic carbocycles. The molecule has 2 aliphatic heterocycles. The molecule has 2 amide bonds. The lowest BCUT2D eigenvalue weighted by Crippen LogP contribution is -2.29.